The summed E-state index contributed by atoms with van der Waals surface area (Å²) in [6.07, 6.45) is 1.49. The molecule has 0 aliphatic rings. The highest BCUT2D eigenvalue weighted by molar-refractivity contribution is 5.92. The van der Waals surface area contributed by atoms with Crippen LogP contribution in [0.1, 0.15) is 37.2 Å². The van der Waals surface area contributed by atoms with E-state index in [9.17, 15) is 9.18 Å². The third kappa shape index (κ3) is 4.33. The Hall–Kier alpha value is -1.85. The van der Waals surface area contributed by atoms with Crippen LogP contribution in [0.4, 0.5) is 4.39 Å². The van der Waals surface area contributed by atoms with Crippen molar-refractivity contribution in [2.45, 2.75) is 32.2 Å². The Morgan fingerprint density at radius 1 is 1.17 bits per heavy atom. The lowest BCUT2D eigenvalue weighted by Crippen LogP contribution is -2.52. The van der Waals surface area contributed by atoms with E-state index in [-0.39, 0.29) is 29.9 Å². The Kier molecular flexibility index (Phi) is 6.79. The zero-order chi connectivity index (χ0) is 16.2. The minimum Gasteiger partial charge on any atom is -0.451 e. The molecule has 126 valence electrons. The largest absolute Gasteiger partial charge is 0.451 e. The molecule has 6 heteroatoms. The number of halogens is 2. The van der Waals surface area contributed by atoms with Gasteiger partial charge >= 0.3 is 0 Å². The van der Waals surface area contributed by atoms with Gasteiger partial charge in [0.05, 0.1) is 5.54 Å². The van der Waals surface area contributed by atoms with Gasteiger partial charge in [0.15, 0.2) is 5.76 Å². The Labute approximate surface area is 141 Å². The molecule has 1 heterocycles. The molecule has 1 aromatic heterocycles. The number of nitrogens with one attached hydrogen (secondary N) is 1. The topological polar surface area (TPSA) is 68.3 Å². The van der Waals surface area contributed by atoms with E-state index in [1.165, 1.54) is 12.1 Å². The molecular formula is C17H22ClFN2O2. The molecule has 0 saturated heterocycles. The lowest BCUT2D eigenvalue weighted by atomic mass is 9.93. The summed E-state index contributed by atoms with van der Waals surface area (Å²) in [5.74, 6) is 0.143. The molecule has 1 amide bonds. The van der Waals surface area contributed by atoms with Crippen LogP contribution >= 0.6 is 12.4 Å². The number of hydrogen-bond donors (Lipinski definition) is 2. The van der Waals surface area contributed by atoms with Crippen molar-refractivity contribution < 1.29 is 13.6 Å². The number of benzene rings is 1. The number of amides is 1. The maximum atomic E-state index is 12.9. The number of furan rings is 1. The molecule has 1 aromatic carbocycles. The first kappa shape index (κ1) is 19.2. The van der Waals surface area contributed by atoms with Crippen LogP contribution in [0.25, 0.3) is 11.3 Å². The summed E-state index contributed by atoms with van der Waals surface area (Å²) >= 11 is 0. The van der Waals surface area contributed by atoms with Crippen LogP contribution in [-0.4, -0.2) is 18.0 Å². The van der Waals surface area contributed by atoms with Gasteiger partial charge in [-0.2, -0.15) is 0 Å². The monoisotopic (exact) mass is 340 g/mol. The summed E-state index contributed by atoms with van der Waals surface area (Å²) in [6, 6.07) is 9.23. The minimum absolute atomic E-state index is 0. The summed E-state index contributed by atoms with van der Waals surface area (Å²) in [5, 5.41) is 2.95. The number of carbonyl (C=O) groups excluding carboxylic acids is 1. The summed E-state index contributed by atoms with van der Waals surface area (Å²) in [6.45, 7) is 4.35. The number of rotatable bonds is 6. The van der Waals surface area contributed by atoms with Gasteiger partial charge in [0.25, 0.3) is 5.91 Å². The molecule has 0 spiro atoms. The first-order valence-corrected chi connectivity index (χ1v) is 7.42. The van der Waals surface area contributed by atoms with Crippen LogP contribution in [0.3, 0.4) is 0 Å². The molecule has 0 atom stereocenters. The van der Waals surface area contributed by atoms with Gasteiger partial charge < -0.3 is 15.5 Å². The quantitative estimate of drug-likeness (QED) is 0.841. The van der Waals surface area contributed by atoms with Crippen LogP contribution in [0, 0.1) is 5.82 Å². The fraction of sp³-hybridized carbons (Fsp3) is 0.353. The van der Waals surface area contributed by atoms with E-state index in [1.807, 2.05) is 13.8 Å². The van der Waals surface area contributed by atoms with E-state index in [2.05, 4.69) is 5.32 Å². The summed E-state index contributed by atoms with van der Waals surface area (Å²) in [4.78, 5) is 12.3. The molecule has 3 N–H and O–H groups in total. The molecule has 4 nitrogen and oxygen atoms in total. The molecule has 2 rings (SSSR count). The van der Waals surface area contributed by atoms with Crippen LogP contribution in [0.5, 0.6) is 0 Å². The van der Waals surface area contributed by atoms with Gasteiger partial charge in [-0.05, 0) is 49.2 Å². The van der Waals surface area contributed by atoms with Gasteiger partial charge in [-0.1, -0.05) is 13.8 Å². The van der Waals surface area contributed by atoms with E-state index in [0.717, 1.165) is 18.4 Å². The molecule has 0 fully saturated rings. The third-order valence-electron chi connectivity index (χ3n) is 4.08. The second-order valence-corrected chi connectivity index (χ2v) is 5.32. The van der Waals surface area contributed by atoms with Crippen LogP contribution < -0.4 is 11.1 Å². The fourth-order valence-electron chi connectivity index (χ4n) is 2.30. The van der Waals surface area contributed by atoms with Crippen molar-refractivity contribution in [2.75, 3.05) is 6.54 Å². The first-order valence-electron chi connectivity index (χ1n) is 7.42. The average Bonchev–Trinajstić information content (AvgIpc) is 3.03. The standard InChI is InChI=1S/C17H21FN2O2.ClH/c1-3-17(4-2,11-19)20-16(21)15-10-9-14(22-15)12-5-7-13(18)8-6-12;/h5-10H,3-4,11,19H2,1-2H3,(H,20,21);1H. The molecule has 23 heavy (non-hydrogen) atoms. The van der Waals surface area contributed by atoms with Gasteiger partial charge in [-0.25, -0.2) is 4.39 Å². The predicted octanol–water partition coefficient (Wildman–Crippen LogP) is 3.75. The lowest BCUT2D eigenvalue weighted by molar-refractivity contribution is 0.0867. The van der Waals surface area contributed by atoms with Gasteiger partial charge in [0, 0.05) is 12.1 Å². The summed E-state index contributed by atoms with van der Waals surface area (Å²) < 4.78 is 18.5. The van der Waals surface area contributed by atoms with Crippen molar-refractivity contribution in [3.05, 3.63) is 48.0 Å². The Morgan fingerprint density at radius 3 is 2.30 bits per heavy atom. The molecule has 0 aliphatic carbocycles. The molecule has 0 bridgehead atoms. The number of hydrogen-bond acceptors (Lipinski definition) is 3. The van der Waals surface area contributed by atoms with Crippen molar-refractivity contribution >= 4 is 18.3 Å². The smallest absolute Gasteiger partial charge is 0.287 e. The first-order chi connectivity index (χ1) is 10.5. The highest BCUT2D eigenvalue weighted by atomic mass is 35.5. The molecule has 2 aromatic rings. The average molecular weight is 341 g/mol. The molecule has 0 unspecified atom stereocenters. The van der Waals surface area contributed by atoms with Crippen molar-refractivity contribution in [3.63, 3.8) is 0 Å². The van der Waals surface area contributed by atoms with E-state index >= 15 is 0 Å². The second kappa shape index (κ2) is 8.13. The molecule has 0 saturated carbocycles. The zero-order valence-corrected chi connectivity index (χ0v) is 14.1. The predicted molar refractivity (Wildman–Crippen MR) is 91.2 cm³/mol. The van der Waals surface area contributed by atoms with E-state index in [1.54, 1.807) is 24.3 Å². The van der Waals surface area contributed by atoms with E-state index in [4.69, 9.17) is 10.2 Å². The third-order valence-corrected chi connectivity index (χ3v) is 4.08. The van der Waals surface area contributed by atoms with Gasteiger partial charge in [0.2, 0.25) is 0 Å². The SMILES string of the molecule is CCC(CC)(CN)NC(=O)c1ccc(-c2ccc(F)cc2)o1.Cl. The summed E-state index contributed by atoms with van der Waals surface area (Å²) in [5.41, 5.74) is 6.09. The van der Waals surface area contributed by atoms with Gasteiger partial charge in [-0.3, -0.25) is 4.79 Å². The Morgan fingerprint density at radius 2 is 1.78 bits per heavy atom. The minimum atomic E-state index is -0.417. The van der Waals surface area contributed by atoms with Crippen molar-refractivity contribution in [1.29, 1.82) is 0 Å². The van der Waals surface area contributed by atoms with Crippen molar-refractivity contribution in [3.8, 4) is 11.3 Å². The highest BCUT2D eigenvalue weighted by Gasteiger charge is 2.28. The Bertz CT molecular complexity index is 628. The highest BCUT2D eigenvalue weighted by Crippen LogP contribution is 2.23. The van der Waals surface area contributed by atoms with Gasteiger partial charge in [-0.15, -0.1) is 12.4 Å². The maximum absolute atomic E-state index is 12.9. The fourth-order valence-corrected chi connectivity index (χ4v) is 2.30. The number of carbonyl (C=O) groups is 1. The molecular weight excluding hydrogens is 319 g/mol. The molecule has 0 radical (unpaired) electrons. The van der Waals surface area contributed by atoms with Gasteiger partial charge in [0.1, 0.15) is 11.6 Å². The maximum Gasteiger partial charge on any atom is 0.287 e. The molecule has 0 aliphatic heterocycles. The second-order valence-electron chi connectivity index (χ2n) is 5.32. The van der Waals surface area contributed by atoms with E-state index < -0.39 is 5.54 Å². The van der Waals surface area contributed by atoms with E-state index in [0.29, 0.717) is 12.3 Å². The van der Waals surface area contributed by atoms with Crippen molar-refractivity contribution in [2.24, 2.45) is 5.73 Å². The van der Waals surface area contributed by atoms with Crippen LogP contribution in [-0.2, 0) is 0 Å². The van der Waals surface area contributed by atoms with Crippen molar-refractivity contribution in [1.82, 2.24) is 5.32 Å². The Balaban J connectivity index is 0.00000264. The summed E-state index contributed by atoms with van der Waals surface area (Å²) in [7, 11) is 0. The van der Waals surface area contributed by atoms with Crippen LogP contribution in [0.2, 0.25) is 0 Å². The number of nitrogens with two attached hydrogens (primary N) is 1. The lowest BCUT2D eigenvalue weighted by Gasteiger charge is -2.30. The zero-order valence-electron chi connectivity index (χ0n) is 13.3. The van der Waals surface area contributed by atoms with Crippen LogP contribution in [0.15, 0.2) is 40.8 Å². The normalized spacial score (nSPS) is 11.0.